The lowest BCUT2D eigenvalue weighted by molar-refractivity contribution is 0.111. The van der Waals surface area contributed by atoms with E-state index in [2.05, 4.69) is 5.10 Å². The van der Waals surface area contributed by atoms with E-state index >= 15 is 0 Å². The Bertz CT molecular complexity index is 507. The van der Waals surface area contributed by atoms with E-state index in [4.69, 9.17) is 5.73 Å². The monoisotopic (exact) mass is 205 g/mol. The first-order valence-corrected chi connectivity index (χ1v) is 4.27. The number of hydrogen-bond donors (Lipinski definition) is 1. The minimum absolute atomic E-state index is 0.0847. The van der Waals surface area contributed by atoms with Crippen LogP contribution in [0.2, 0.25) is 0 Å². The van der Waals surface area contributed by atoms with Gasteiger partial charge < -0.3 is 5.73 Å². The number of nitrogens with zero attached hydrogens (tertiary/aromatic N) is 2. The summed E-state index contributed by atoms with van der Waals surface area (Å²) in [6.07, 6.45) is 2.21. The third-order valence-corrected chi connectivity index (χ3v) is 1.98. The number of hydrogen-bond acceptors (Lipinski definition) is 3. The molecule has 1 aromatic carbocycles. The second-order valence-electron chi connectivity index (χ2n) is 3.01. The van der Waals surface area contributed by atoms with Crippen LogP contribution >= 0.6 is 0 Å². The van der Waals surface area contributed by atoms with Gasteiger partial charge in [0.25, 0.3) is 0 Å². The molecule has 76 valence electrons. The summed E-state index contributed by atoms with van der Waals surface area (Å²) in [6.45, 7) is 0. The first-order valence-electron chi connectivity index (χ1n) is 4.27. The van der Waals surface area contributed by atoms with Crippen molar-refractivity contribution in [3.63, 3.8) is 0 Å². The summed E-state index contributed by atoms with van der Waals surface area (Å²) >= 11 is 0. The Labute approximate surface area is 85.1 Å². The molecule has 2 aromatic rings. The third kappa shape index (κ3) is 1.71. The van der Waals surface area contributed by atoms with Crippen molar-refractivity contribution in [3.8, 4) is 5.69 Å². The lowest BCUT2D eigenvalue weighted by Crippen LogP contribution is -1.98. The van der Waals surface area contributed by atoms with Crippen LogP contribution in [0.4, 0.5) is 10.1 Å². The summed E-state index contributed by atoms with van der Waals surface area (Å²) in [5.41, 5.74) is 6.24. The average molecular weight is 205 g/mol. The van der Waals surface area contributed by atoms with E-state index in [0.29, 0.717) is 17.7 Å². The average Bonchev–Trinajstić information content (AvgIpc) is 2.70. The number of aldehydes is 1. The molecular formula is C10H8FN3O. The van der Waals surface area contributed by atoms with Crippen LogP contribution in [-0.2, 0) is 0 Å². The van der Waals surface area contributed by atoms with Gasteiger partial charge in [-0.15, -0.1) is 0 Å². The van der Waals surface area contributed by atoms with E-state index in [1.54, 1.807) is 18.3 Å². The van der Waals surface area contributed by atoms with E-state index < -0.39 is 5.82 Å². The molecule has 0 spiro atoms. The number of carbonyl (C=O) groups excluding carboxylic acids is 1. The van der Waals surface area contributed by atoms with Crippen molar-refractivity contribution in [1.82, 2.24) is 9.78 Å². The second kappa shape index (κ2) is 3.53. The minimum Gasteiger partial charge on any atom is -0.396 e. The van der Waals surface area contributed by atoms with Crippen molar-refractivity contribution >= 4 is 12.0 Å². The molecule has 2 rings (SSSR count). The molecule has 0 saturated heterocycles. The van der Waals surface area contributed by atoms with Crippen molar-refractivity contribution in [3.05, 3.63) is 42.0 Å². The Morgan fingerprint density at radius 3 is 2.80 bits per heavy atom. The van der Waals surface area contributed by atoms with Crippen LogP contribution < -0.4 is 5.73 Å². The maximum atomic E-state index is 13.1. The minimum atomic E-state index is -0.504. The molecular weight excluding hydrogens is 197 g/mol. The first-order chi connectivity index (χ1) is 7.20. The van der Waals surface area contributed by atoms with Gasteiger partial charge in [-0.1, -0.05) is 0 Å². The SMILES string of the molecule is Nc1ccc(-n2ccc(C=O)n2)cc1F. The van der Waals surface area contributed by atoms with Gasteiger partial charge in [-0.25, -0.2) is 9.07 Å². The smallest absolute Gasteiger partial charge is 0.170 e. The quantitative estimate of drug-likeness (QED) is 0.595. The number of halogens is 1. The number of carbonyl (C=O) groups is 1. The molecule has 0 radical (unpaired) electrons. The number of anilines is 1. The molecule has 15 heavy (non-hydrogen) atoms. The van der Waals surface area contributed by atoms with Gasteiger partial charge in [-0.3, -0.25) is 4.79 Å². The molecule has 0 unspecified atom stereocenters. The summed E-state index contributed by atoms with van der Waals surface area (Å²) < 4.78 is 14.5. The van der Waals surface area contributed by atoms with Gasteiger partial charge in [0.2, 0.25) is 0 Å². The maximum absolute atomic E-state index is 13.1. The molecule has 0 fully saturated rings. The van der Waals surface area contributed by atoms with E-state index in [-0.39, 0.29) is 5.69 Å². The molecule has 0 atom stereocenters. The molecule has 0 aliphatic heterocycles. The van der Waals surface area contributed by atoms with Crippen molar-refractivity contribution in [2.24, 2.45) is 0 Å². The van der Waals surface area contributed by atoms with Gasteiger partial charge in [0.1, 0.15) is 11.5 Å². The van der Waals surface area contributed by atoms with E-state index in [1.165, 1.54) is 16.8 Å². The molecule has 0 saturated carbocycles. The first kappa shape index (κ1) is 9.39. The Morgan fingerprint density at radius 1 is 1.40 bits per heavy atom. The van der Waals surface area contributed by atoms with Crippen molar-refractivity contribution in [1.29, 1.82) is 0 Å². The Balaban J connectivity index is 2.44. The number of aromatic nitrogens is 2. The van der Waals surface area contributed by atoms with E-state index in [1.807, 2.05) is 0 Å². The highest BCUT2D eigenvalue weighted by Crippen LogP contribution is 2.14. The normalized spacial score (nSPS) is 10.2. The van der Waals surface area contributed by atoms with Gasteiger partial charge in [-0.05, 0) is 18.2 Å². The summed E-state index contributed by atoms with van der Waals surface area (Å²) in [5.74, 6) is -0.504. The van der Waals surface area contributed by atoms with Gasteiger partial charge in [0, 0.05) is 12.3 Å². The van der Waals surface area contributed by atoms with Crippen LogP contribution in [0.25, 0.3) is 5.69 Å². The Hall–Kier alpha value is -2.17. The maximum Gasteiger partial charge on any atom is 0.170 e. The lowest BCUT2D eigenvalue weighted by Gasteiger charge is -2.02. The predicted molar refractivity (Wildman–Crippen MR) is 53.3 cm³/mol. The van der Waals surface area contributed by atoms with Gasteiger partial charge in [0.15, 0.2) is 6.29 Å². The zero-order valence-corrected chi connectivity index (χ0v) is 7.72. The molecule has 1 heterocycles. The summed E-state index contributed by atoms with van der Waals surface area (Å²) in [5, 5.41) is 3.91. The third-order valence-electron chi connectivity index (χ3n) is 1.98. The molecule has 1 aromatic heterocycles. The molecule has 0 aliphatic carbocycles. The molecule has 4 nitrogen and oxygen atoms in total. The summed E-state index contributed by atoms with van der Waals surface area (Å²) in [7, 11) is 0. The topological polar surface area (TPSA) is 60.9 Å². The van der Waals surface area contributed by atoms with Crippen molar-refractivity contribution in [2.45, 2.75) is 0 Å². The highest BCUT2D eigenvalue weighted by Gasteiger charge is 2.03. The summed E-state index contributed by atoms with van der Waals surface area (Å²) in [4.78, 5) is 10.4. The Kier molecular flexibility index (Phi) is 2.21. The highest BCUT2D eigenvalue weighted by atomic mass is 19.1. The summed E-state index contributed by atoms with van der Waals surface area (Å²) in [6, 6.07) is 5.88. The number of nitrogen functional groups attached to an aromatic ring is 1. The van der Waals surface area contributed by atoms with Crippen LogP contribution in [0.3, 0.4) is 0 Å². The second-order valence-corrected chi connectivity index (χ2v) is 3.01. The molecule has 0 bridgehead atoms. The molecule has 5 heteroatoms. The zero-order chi connectivity index (χ0) is 10.8. The van der Waals surface area contributed by atoms with Gasteiger partial charge in [-0.2, -0.15) is 5.10 Å². The van der Waals surface area contributed by atoms with Crippen LogP contribution in [0, 0.1) is 5.82 Å². The molecule has 0 aliphatic rings. The lowest BCUT2D eigenvalue weighted by atomic mass is 10.3. The predicted octanol–water partition coefficient (Wildman–Crippen LogP) is 1.41. The zero-order valence-electron chi connectivity index (χ0n) is 7.72. The molecule has 2 N–H and O–H groups in total. The van der Waals surface area contributed by atoms with E-state index in [9.17, 15) is 9.18 Å². The fourth-order valence-corrected chi connectivity index (χ4v) is 1.20. The van der Waals surface area contributed by atoms with Crippen LogP contribution in [0.5, 0.6) is 0 Å². The van der Waals surface area contributed by atoms with E-state index in [0.717, 1.165) is 0 Å². The van der Waals surface area contributed by atoms with Crippen molar-refractivity contribution < 1.29 is 9.18 Å². The van der Waals surface area contributed by atoms with Crippen LogP contribution in [0.1, 0.15) is 10.5 Å². The van der Waals surface area contributed by atoms with Gasteiger partial charge >= 0.3 is 0 Å². The largest absolute Gasteiger partial charge is 0.396 e. The van der Waals surface area contributed by atoms with Crippen LogP contribution in [0.15, 0.2) is 30.5 Å². The Morgan fingerprint density at radius 2 is 2.20 bits per heavy atom. The van der Waals surface area contributed by atoms with Gasteiger partial charge in [0.05, 0.1) is 11.4 Å². The van der Waals surface area contributed by atoms with Crippen molar-refractivity contribution in [2.75, 3.05) is 5.73 Å². The molecule has 0 amide bonds. The standard InChI is InChI=1S/C10H8FN3O/c11-9-5-8(1-2-10(9)12)14-4-3-7(6-15)13-14/h1-6H,12H2. The van der Waals surface area contributed by atoms with Crippen LogP contribution in [-0.4, -0.2) is 16.1 Å². The highest BCUT2D eigenvalue weighted by molar-refractivity contribution is 5.71. The fraction of sp³-hybridized carbons (Fsp3) is 0. The number of nitrogens with two attached hydrogens (primary N) is 1. The fourth-order valence-electron chi connectivity index (χ4n) is 1.20. The number of benzene rings is 1. The number of rotatable bonds is 2.